The number of rotatable bonds is 4. The number of nitrogens with two attached hydrogens (primary N) is 1. The second kappa shape index (κ2) is 5.29. The van der Waals surface area contributed by atoms with Gasteiger partial charge >= 0.3 is 0 Å². The largest absolute Gasteiger partial charge is 0.495 e. The summed E-state index contributed by atoms with van der Waals surface area (Å²) in [7, 11) is 1.58. The predicted molar refractivity (Wildman–Crippen MR) is 57.1 cm³/mol. The van der Waals surface area contributed by atoms with Gasteiger partial charge in [-0.1, -0.05) is 0 Å². The van der Waals surface area contributed by atoms with Gasteiger partial charge in [0.2, 0.25) is 0 Å². The zero-order chi connectivity index (χ0) is 10.6. The third-order valence-corrected chi connectivity index (χ3v) is 2.69. The van der Waals surface area contributed by atoms with E-state index in [9.17, 15) is 0 Å². The maximum absolute atomic E-state index is 8.76. The summed E-state index contributed by atoms with van der Waals surface area (Å²) in [5, 5.41) is 8.76. The average molecular weight is 261 g/mol. The van der Waals surface area contributed by atoms with Crippen molar-refractivity contribution in [2.45, 2.75) is 12.5 Å². The molecule has 78 valence electrons. The Morgan fingerprint density at radius 3 is 3.00 bits per heavy atom. The highest BCUT2D eigenvalue weighted by molar-refractivity contribution is 9.10. The normalized spacial score (nSPS) is 12.6. The van der Waals surface area contributed by atoms with E-state index in [4.69, 9.17) is 15.6 Å². The van der Waals surface area contributed by atoms with Gasteiger partial charge in [-0.2, -0.15) is 0 Å². The van der Waals surface area contributed by atoms with Gasteiger partial charge in [-0.3, -0.25) is 4.98 Å². The molecule has 0 aliphatic heterocycles. The van der Waals surface area contributed by atoms with E-state index in [1.54, 1.807) is 19.4 Å². The molecular weight excluding hydrogens is 248 g/mol. The average Bonchev–Trinajstić information content (AvgIpc) is 2.18. The van der Waals surface area contributed by atoms with Crippen LogP contribution in [-0.2, 0) is 0 Å². The molecule has 0 aromatic carbocycles. The highest BCUT2D eigenvalue weighted by Gasteiger charge is 2.13. The van der Waals surface area contributed by atoms with Crippen LogP contribution in [0.25, 0.3) is 0 Å². The Bertz CT molecular complexity index is 307. The summed E-state index contributed by atoms with van der Waals surface area (Å²) in [5.41, 5.74) is 6.53. The van der Waals surface area contributed by atoms with Gasteiger partial charge in [0.15, 0.2) is 0 Å². The minimum absolute atomic E-state index is 0.0481. The molecule has 3 N–H and O–H groups in total. The Morgan fingerprint density at radius 2 is 2.43 bits per heavy atom. The van der Waals surface area contributed by atoms with E-state index < -0.39 is 0 Å². The molecule has 1 aromatic heterocycles. The van der Waals surface area contributed by atoms with Crippen LogP contribution in [0, 0.1) is 0 Å². The smallest absolute Gasteiger partial charge is 0.136 e. The zero-order valence-electron chi connectivity index (χ0n) is 7.90. The number of aliphatic hydroxyl groups excluding tert-OH is 1. The monoisotopic (exact) mass is 260 g/mol. The van der Waals surface area contributed by atoms with Crippen LogP contribution >= 0.6 is 15.9 Å². The van der Waals surface area contributed by atoms with Crippen LogP contribution in [0.4, 0.5) is 0 Å². The Kier molecular flexibility index (Phi) is 4.31. The summed E-state index contributed by atoms with van der Waals surface area (Å²) >= 11 is 3.36. The summed E-state index contributed by atoms with van der Waals surface area (Å²) in [4.78, 5) is 4.14. The third kappa shape index (κ3) is 2.43. The summed E-state index contributed by atoms with van der Waals surface area (Å²) in [5.74, 6) is 0.698. The first-order chi connectivity index (χ1) is 6.70. The van der Waals surface area contributed by atoms with Crippen molar-refractivity contribution in [3.8, 4) is 5.75 Å². The van der Waals surface area contributed by atoms with E-state index >= 15 is 0 Å². The molecule has 0 aliphatic rings. The molecule has 4 nitrogen and oxygen atoms in total. The minimum Gasteiger partial charge on any atom is -0.495 e. The number of pyridine rings is 1. The van der Waals surface area contributed by atoms with Gasteiger partial charge in [0.1, 0.15) is 5.75 Å². The summed E-state index contributed by atoms with van der Waals surface area (Å²) in [6, 6.07) is 1.48. The first-order valence-electron chi connectivity index (χ1n) is 4.25. The Labute approximate surface area is 91.2 Å². The van der Waals surface area contributed by atoms with Crippen molar-refractivity contribution in [2.24, 2.45) is 5.73 Å². The number of ether oxygens (including phenoxy) is 1. The molecule has 0 saturated carbocycles. The third-order valence-electron chi connectivity index (χ3n) is 1.89. The van der Waals surface area contributed by atoms with Gasteiger partial charge in [0.25, 0.3) is 0 Å². The molecule has 1 rings (SSSR count). The first-order valence-corrected chi connectivity index (χ1v) is 5.04. The molecule has 0 radical (unpaired) electrons. The molecule has 1 atom stereocenters. The minimum atomic E-state index is -0.274. The van der Waals surface area contributed by atoms with Crippen LogP contribution in [-0.4, -0.2) is 23.8 Å². The fourth-order valence-corrected chi connectivity index (χ4v) is 1.82. The van der Waals surface area contributed by atoms with Crippen molar-refractivity contribution in [1.29, 1.82) is 0 Å². The summed E-state index contributed by atoms with van der Waals surface area (Å²) in [6.07, 6.45) is 2.12. The summed E-state index contributed by atoms with van der Waals surface area (Å²) in [6.45, 7) is 0.0481. The molecule has 0 bridgehead atoms. The summed E-state index contributed by atoms with van der Waals surface area (Å²) < 4.78 is 5.86. The maximum atomic E-state index is 8.76. The van der Waals surface area contributed by atoms with Crippen molar-refractivity contribution in [1.82, 2.24) is 4.98 Å². The van der Waals surface area contributed by atoms with E-state index in [1.165, 1.54) is 0 Å². The van der Waals surface area contributed by atoms with Gasteiger partial charge in [0, 0.05) is 12.8 Å². The number of hydrogen-bond acceptors (Lipinski definition) is 4. The van der Waals surface area contributed by atoms with Gasteiger partial charge < -0.3 is 15.6 Å². The Morgan fingerprint density at radius 1 is 1.71 bits per heavy atom. The number of aliphatic hydroxyl groups is 1. The van der Waals surface area contributed by atoms with Crippen LogP contribution in [0.3, 0.4) is 0 Å². The lowest BCUT2D eigenvalue weighted by Gasteiger charge is -2.13. The lowest BCUT2D eigenvalue weighted by molar-refractivity contribution is 0.275. The van der Waals surface area contributed by atoms with Crippen molar-refractivity contribution in [3.05, 3.63) is 22.4 Å². The van der Waals surface area contributed by atoms with Gasteiger partial charge in [-0.05, 0) is 28.4 Å². The van der Waals surface area contributed by atoms with E-state index in [0.29, 0.717) is 17.9 Å². The van der Waals surface area contributed by atoms with Crippen molar-refractivity contribution in [3.63, 3.8) is 0 Å². The van der Waals surface area contributed by atoms with Gasteiger partial charge in [0.05, 0.1) is 23.3 Å². The number of hydrogen-bond donors (Lipinski definition) is 2. The highest BCUT2D eigenvalue weighted by Crippen LogP contribution is 2.30. The number of nitrogens with zero attached hydrogens (tertiary/aromatic N) is 1. The number of halogens is 1. The molecule has 5 heteroatoms. The molecule has 0 saturated heterocycles. The molecule has 1 aromatic rings. The van der Waals surface area contributed by atoms with Crippen LogP contribution in [0.1, 0.15) is 18.2 Å². The van der Waals surface area contributed by atoms with E-state index in [0.717, 1.165) is 4.47 Å². The fraction of sp³-hybridized carbons (Fsp3) is 0.444. The van der Waals surface area contributed by atoms with Crippen LogP contribution in [0.5, 0.6) is 5.75 Å². The Balaban J connectivity index is 2.96. The van der Waals surface area contributed by atoms with Crippen LogP contribution in [0.15, 0.2) is 16.7 Å². The fourth-order valence-electron chi connectivity index (χ4n) is 1.13. The zero-order valence-corrected chi connectivity index (χ0v) is 9.49. The Hall–Kier alpha value is -0.650. The van der Waals surface area contributed by atoms with E-state index in [2.05, 4.69) is 20.9 Å². The van der Waals surface area contributed by atoms with Crippen LogP contribution < -0.4 is 10.5 Å². The van der Waals surface area contributed by atoms with Crippen LogP contribution in [0.2, 0.25) is 0 Å². The highest BCUT2D eigenvalue weighted by atomic mass is 79.9. The SMILES string of the molecule is COc1ccnc(C(N)CCO)c1Br. The van der Waals surface area contributed by atoms with E-state index in [-0.39, 0.29) is 12.6 Å². The molecule has 1 heterocycles. The second-order valence-electron chi connectivity index (χ2n) is 2.83. The molecule has 14 heavy (non-hydrogen) atoms. The number of aromatic nitrogens is 1. The number of methoxy groups -OCH3 is 1. The molecule has 0 fully saturated rings. The molecule has 0 aliphatic carbocycles. The van der Waals surface area contributed by atoms with Crippen molar-refractivity contribution < 1.29 is 9.84 Å². The van der Waals surface area contributed by atoms with E-state index in [1.807, 2.05) is 0 Å². The molecule has 0 spiro atoms. The molecular formula is C9H13BrN2O2. The van der Waals surface area contributed by atoms with Gasteiger partial charge in [-0.15, -0.1) is 0 Å². The molecule has 0 amide bonds. The second-order valence-corrected chi connectivity index (χ2v) is 3.62. The van der Waals surface area contributed by atoms with Gasteiger partial charge in [-0.25, -0.2) is 0 Å². The van der Waals surface area contributed by atoms with Crippen molar-refractivity contribution in [2.75, 3.05) is 13.7 Å². The lowest BCUT2D eigenvalue weighted by atomic mass is 10.1. The standard InChI is InChI=1S/C9H13BrN2O2/c1-14-7-2-4-12-9(8(7)10)6(11)3-5-13/h2,4,6,13H,3,5,11H2,1H3. The lowest BCUT2D eigenvalue weighted by Crippen LogP contribution is -2.14. The topological polar surface area (TPSA) is 68.4 Å². The molecule has 1 unspecified atom stereocenters. The van der Waals surface area contributed by atoms with Crippen molar-refractivity contribution >= 4 is 15.9 Å². The maximum Gasteiger partial charge on any atom is 0.136 e. The predicted octanol–water partition coefficient (Wildman–Crippen LogP) is 1.23. The first kappa shape index (κ1) is 11.4. The quantitative estimate of drug-likeness (QED) is 0.855.